The summed E-state index contributed by atoms with van der Waals surface area (Å²) >= 11 is 0. The van der Waals surface area contributed by atoms with Crippen molar-refractivity contribution in [1.29, 1.82) is 0 Å². The van der Waals surface area contributed by atoms with E-state index in [1.807, 2.05) is 0 Å². The van der Waals surface area contributed by atoms with Crippen molar-refractivity contribution in [1.82, 2.24) is 0 Å². The second-order valence-corrected chi connectivity index (χ2v) is 4.54. The Hall–Kier alpha value is -2.69. The Morgan fingerprint density at radius 2 is 1.75 bits per heavy atom. The van der Waals surface area contributed by atoms with Crippen LogP contribution in [0.3, 0.4) is 0 Å². The number of rotatable bonds is 3. The molecule has 4 N–H and O–H groups in total. The van der Waals surface area contributed by atoms with Gasteiger partial charge >= 0.3 is 0 Å². The van der Waals surface area contributed by atoms with Crippen LogP contribution in [0.4, 0.5) is 11.4 Å². The molecule has 104 valence electrons. The number of anilines is 2. The number of benzene rings is 2. The summed E-state index contributed by atoms with van der Waals surface area (Å²) in [5.74, 6) is -0.529. The van der Waals surface area contributed by atoms with Gasteiger partial charge in [-0.15, -0.1) is 0 Å². The topological polar surface area (TPSA) is 89.8 Å². The summed E-state index contributed by atoms with van der Waals surface area (Å²) in [6.45, 7) is 3.08. The highest BCUT2D eigenvalue weighted by molar-refractivity contribution is 6.02. The van der Waals surface area contributed by atoms with E-state index in [1.54, 1.807) is 19.1 Å². The number of aromatic hydroxyl groups is 3. The lowest BCUT2D eigenvalue weighted by Crippen LogP contribution is -2.02. The normalized spacial score (nSPS) is 10.3. The Balaban J connectivity index is 2.53. The van der Waals surface area contributed by atoms with Gasteiger partial charge in [-0.25, -0.2) is 0 Å². The zero-order valence-electron chi connectivity index (χ0n) is 11.1. The van der Waals surface area contributed by atoms with Crippen molar-refractivity contribution in [3.63, 3.8) is 0 Å². The van der Waals surface area contributed by atoms with Crippen LogP contribution in [0.2, 0.25) is 0 Å². The number of hydrogen-bond donors (Lipinski definition) is 4. The fourth-order valence-corrected chi connectivity index (χ4v) is 2.00. The van der Waals surface area contributed by atoms with Crippen molar-refractivity contribution < 1.29 is 20.1 Å². The molecule has 0 aliphatic heterocycles. The van der Waals surface area contributed by atoms with Gasteiger partial charge in [0.1, 0.15) is 17.2 Å². The zero-order chi connectivity index (χ0) is 14.9. The molecule has 0 aliphatic carbocycles. The molecule has 0 fully saturated rings. The Morgan fingerprint density at radius 3 is 2.35 bits per heavy atom. The molecule has 0 radical (unpaired) electrons. The minimum absolute atomic E-state index is 0.0605. The molecule has 0 spiro atoms. The number of para-hydroxylation sites is 1. The van der Waals surface area contributed by atoms with Crippen LogP contribution in [0.25, 0.3) is 0 Å². The summed E-state index contributed by atoms with van der Waals surface area (Å²) in [6.07, 6.45) is 0. The average molecular weight is 273 g/mol. The summed E-state index contributed by atoms with van der Waals surface area (Å²) in [7, 11) is 0. The first-order valence-electron chi connectivity index (χ1n) is 6.02. The van der Waals surface area contributed by atoms with Crippen LogP contribution < -0.4 is 5.32 Å². The number of Topliss-reactive ketones (excluding diaryl/α,β-unsaturated/α-hetero) is 1. The van der Waals surface area contributed by atoms with Crippen molar-refractivity contribution >= 4 is 17.2 Å². The number of hydrogen-bond acceptors (Lipinski definition) is 5. The molecular weight excluding hydrogens is 258 g/mol. The maximum Gasteiger partial charge on any atom is 0.162 e. The number of phenols is 3. The first-order chi connectivity index (χ1) is 9.40. The van der Waals surface area contributed by atoms with Gasteiger partial charge in [0, 0.05) is 11.6 Å². The maximum atomic E-state index is 11.6. The highest BCUT2D eigenvalue weighted by Gasteiger charge is 2.15. The van der Waals surface area contributed by atoms with Gasteiger partial charge in [0.05, 0.1) is 11.4 Å². The Labute approximate surface area is 116 Å². The number of aryl methyl sites for hydroxylation is 1. The molecule has 0 unspecified atom stereocenters. The van der Waals surface area contributed by atoms with E-state index in [9.17, 15) is 20.1 Å². The van der Waals surface area contributed by atoms with Crippen molar-refractivity contribution in [3.05, 3.63) is 41.5 Å². The molecule has 0 saturated carbocycles. The number of ketones is 1. The first-order valence-corrected chi connectivity index (χ1v) is 6.02. The molecule has 0 heterocycles. The molecule has 5 nitrogen and oxygen atoms in total. The number of phenolic OH excluding ortho intramolecular Hbond substituents is 3. The van der Waals surface area contributed by atoms with Gasteiger partial charge in [-0.3, -0.25) is 4.79 Å². The van der Waals surface area contributed by atoms with Crippen LogP contribution in [0, 0.1) is 6.92 Å². The van der Waals surface area contributed by atoms with Crippen LogP contribution in [-0.2, 0) is 0 Å². The highest BCUT2D eigenvalue weighted by Crippen LogP contribution is 2.37. The van der Waals surface area contributed by atoms with Crippen molar-refractivity contribution in [2.45, 2.75) is 13.8 Å². The summed E-state index contributed by atoms with van der Waals surface area (Å²) in [5, 5.41) is 32.0. The molecule has 2 rings (SSSR count). The molecule has 0 aliphatic rings. The quantitative estimate of drug-likeness (QED) is 0.392. The average Bonchev–Trinajstić information content (AvgIpc) is 2.34. The van der Waals surface area contributed by atoms with Gasteiger partial charge in [0.25, 0.3) is 0 Å². The molecule has 0 amide bonds. The van der Waals surface area contributed by atoms with Crippen molar-refractivity contribution in [2.24, 2.45) is 0 Å². The van der Waals surface area contributed by atoms with Crippen LogP contribution >= 0.6 is 0 Å². The van der Waals surface area contributed by atoms with E-state index in [1.165, 1.54) is 25.1 Å². The van der Waals surface area contributed by atoms with Crippen LogP contribution in [0.15, 0.2) is 30.3 Å². The minimum atomic E-state index is -0.209. The molecular formula is C15H15NO4. The van der Waals surface area contributed by atoms with E-state index < -0.39 is 0 Å². The van der Waals surface area contributed by atoms with Crippen LogP contribution in [0.1, 0.15) is 22.8 Å². The molecule has 20 heavy (non-hydrogen) atoms. The van der Waals surface area contributed by atoms with Crippen molar-refractivity contribution in [3.8, 4) is 17.2 Å². The summed E-state index contributed by atoms with van der Waals surface area (Å²) < 4.78 is 0. The zero-order valence-corrected chi connectivity index (χ0v) is 11.1. The lowest BCUT2D eigenvalue weighted by molar-refractivity contribution is 0.101. The maximum absolute atomic E-state index is 11.6. The molecule has 0 bridgehead atoms. The third-order valence-corrected chi connectivity index (χ3v) is 2.97. The third-order valence-electron chi connectivity index (χ3n) is 2.97. The molecule has 0 aromatic heterocycles. The fraction of sp³-hybridized carbons (Fsp3) is 0.133. The molecule has 0 saturated heterocycles. The molecule has 5 heteroatoms. The molecule has 2 aromatic carbocycles. The molecule has 0 atom stereocenters. The SMILES string of the molecule is CC(=O)c1cccc(O)c1Nc1c(C)cc(O)cc1O. The second kappa shape index (κ2) is 5.13. The van der Waals surface area contributed by atoms with E-state index in [0.717, 1.165) is 0 Å². The summed E-state index contributed by atoms with van der Waals surface area (Å²) in [4.78, 5) is 11.6. The van der Waals surface area contributed by atoms with Gasteiger partial charge in [0.2, 0.25) is 0 Å². The second-order valence-electron chi connectivity index (χ2n) is 4.54. The number of nitrogens with one attached hydrogen (secondary N) is 1. The van der Waals surface area contributed by atoms with Crippen molar-refractivity contribution in [2.75, 3.05) is 5.32 Å². The standard InChI is InChI=1S/C15H15NO4/c1-8-6-10(18)7-13(20)14(8)16-15-11(9(2)17)4-3-5-12(15)19/h3-7,16,18-20H,1-2H3. The summed E-state index contributed by atoms with van der Waals surface area (Å²) in [6, 6.07) is 7.25. The fourth-order valence-electron chi connectivity index (χ4n) is 2.00. The number of carbonyl (C=O) groups is 1. The Kier molecular flexibility index (Phi) is 3.52. The lowest BCUT2D eigenvalue weighted by atomic mass is 10.1. The summed E-state index contributed by atoms with van der Waals surface area (Å²) in [5.41, 5.74) is 1.45. The smallest absolute Gasteiger partial charge is 0.162 e. The Bertz CT molecular complexity index is 657. The highest BCUT2D eigenvalue weighted by atomic mass is 16.3. The predicted molar refractivity (Wildman–Crippen MR) is 75.9 cm³/mol. The van der Waals surface area contributed by atoms with E-state index in [-0.39, 0.29) is 28.7 Å². The largest absolute Gasteiger partial charge is 0.508 e. The van der Waals surface area contributed by atoms with E-state index in [4.69, 9.17) is 0 Å². The van der Waals surface area contributed by atoms with Crippen LogP contribution in [0.5, 0.6) is 17.2 Å². The monoisotopic (exact) mass is 273 g/mol. The third kappa shape index (κ3) is 2.51. The van der Waals surface area contributed by atoms with E-state index in [2.05, 4.69) is 5.32 Å². The Morgan fingerprint density at radius 1 is 1.05 bits per heavy atom. The van der Waals surface area contributed by atoms with Gasteiger partial charge in [0.15, 0.2) is 5.78 Å². The van der Waals surface area contributed by atoms with E-state index >= 15 is 0 Å². The minimum Gasteiger partial charge on any atom is -0.508 e. The predicted octanol–water partition coefficient (Wildman–Crippen LogP) is 3.06. The van der Waals surface area contributed by atoms with Gasteiger partial charge in [-0.1, -0.05) is 6.07 Å². The molecule has 2 aromatic rings. The number of carbonyl (C=O) groups excluding carboxylic acids is 1. The van der Waals surface area contributed by atoms with E-state index in [0.29, 0.717) is 16.8 Å². The van der Waals surface area contributed by atoms with Crippen LogP contribution in [-0.4, -0.2) is 21.1 Å². The van der Waals surface area contributed by atoms with Gasteiger partial charge < -0.3 is 20.6 Å². The van der Waals surface area contributed by atoms with Gasteiger partial charge in [-0.2, -0.15) is 0 Å². The van der Waals surface area contributed by atoms with Gasteiger partial charge in [-0.05, 0) is 37.6 Å². The lowest BCUT2D eigenvalue weighted by Gasteiger charge is -2.15. The first kappa shape index (κ1) is 13.7.